The summed E-state index contributed by atoms with van der Waals surface area (Å²) in [6.45, 7) is 2.63. The minimum absolute atomic E-state index is 0.598. The minimum atomic E-state index is 0.598. The fourth-order valence-electron chi connectivity index (χ4n) is 1.13. The van der Waals surface area contributed by atoms with Crippen molar-refractivity contribution < 1.29 is 4.74 Å². The first kappa shape index (κ1) is 10.6. The summed E-state index contributed by atoms with van der Waals surface area (Å²) in [6.07, 6.45) is 0.719. The van der Waals surface area contributed by atoms with Crippen molar-refractivity contribution in [2.24, 2.45) is 5.73 Å². The molecule has 2 N–H and O–H groups in total. The number of aryl methyl sites for hydroxylation is 1. The molecule has 0 aliphatic rings. The minimum Gasteiger partial charge on any atom is -0.495 e. The van der Waals surface area contributed by atoms with E-state index < -0.39 is 0 Å². The van der Waals surface area contributed by atoms with E-state index in [-0.39, 0.29) is 0 Å². The third-order valence-corrected chi connectivity index (χ3v) is 1.85. The first-order chi connectivity index (χ1) is 6.77. The first-order valence-electron chi connectivity index (χ1n) is 4.61. The molecule has 1 aromatic carbocycles. The van der Waals surface area contributed by atoms with Crippen molar-refractivity contribution in [2.45, 2.75) is 13.3 Å². The zero-order valence-electron chi connectivity index (χ0n) is 8.63. The molecule has 0 amide bonds. The molecular formula is C12H15NO. The third-order valence-electron chi connectivity index (χ3n) is 1.85. The fraction of sp³-hybridized carbons (Fsp3) is 0.333. The van der Waals surface area contributed by atoms with Gasteiger partial charge in [0.15, 0.2) is 0 Å². The molecule has 0 unspecified atom stereocenters. The highest BCUT2D eigenvalue weighted by atomic mass is 16.5. The van der Waals surface area contributed by atoms with Crippen molar-refractivity contribution in [1.29, 1.82) is 0 Å². The Morgan fingerprint density at radius 1 is 1.43 bits per heavy atom. The molecule has 0 atom stereocenters. The smallest absolute Gasteiger partial charge is 0.134 e. The van der Waals surface area contributed by atoms with Crippen LogP contribution in [0, 0.1) is 18.8 Å². The largest absolute Gasteiger partial charge is 0.495 e. The van der Waals surface area contributed by atoms with Gasteiger partial charge >= 0.3 is 0 Å². The van der Waals surface area contributed by atoms with Crippen molar-refractivity contribution in [3.63, 3.8) is 0 Å². The molecule has 2 heteroatoms. The zero-order chi connectivity index (χ0) is 10.4. The van der Waals surface area contributed by atoms with Gasteiger partial charge < -0.3 is 10.5 Å². The highest BCUT2D eigenvalue weighted by Gasteiger charge is 1.98. The van der Waals surface area contributed by atoms with Crippen LogP contribution in [0.1, 0.15) is 17.5 Å². The van der Waals surface area contributed by atoms with E-state index in [1.165, 1.54) is 5.56 Å². The van der Waals surface area contributed by atoms with Crippen LogP contribution >= 0.6 is 0 Å². The maximum atomic E-state index is 5.35. The third kappa shape index (κ3) is 2.79. The molecule has 74 valence electrons. The standard InChI is InChI=1S/C12H15NO/c1-10-6-7-11(5-3-4-8-13)12(9-10)14-2/h6-7,9H,4,8,13H2,1-2H3. The molecule has 0 fully saturated rings. The number of ether oxygens (including phenoxy) is 1. The van der Waals surface area contributed by atoms with Crippen LogP contribution < -0.4 is 10.5 Å². The zero-order valence-corrected chi connectivity index (χ0v) is 8.63. The van der Waals surface area contributed by atoms with Gasteiger partial charge in [-0.15, -0.1) is 0 Å². The lowest BCUT2D eigenvalue weighted by Gasteiger charge is -2.03. The number of rotatable bonds is 2. The summed E-state index contributed by atoms with van der Waals surface area (Å²) in [5.41, 5.74) is 7.45. The van der Waals surface area contributed by atoms with Crippen LogP contribution in [0.25, 0.3) is 0 Å². The molecule has 1 aromatic rings. The van der Waals surface area contributed by atoms with Gasteiger partial charge in [-0.2, -0.15) is 0 Å². The van der Waals surface area contributed by atoms with Gasteiger partial charge in [0.2, 0.25) is 0 Å². The van der Waals surface area contributed by atoms with E-state index in [2.05, 4.69) is 11.8 Å². The van der Waals surface area contributed by atoms with Crippen LogP contribution in [-0.2, 0) is 0 Å². The second kappa shape index (κ2) is 5.31. The van der Waals surface area contributed by atoms with E-state index in [9.17, 15) is 0 Å². The maximum Gasteiger partial charge on any atom is 0.134 e. The van der Waals surface area contributed by atoms with E-state index in [0.29, 0.717) is 6.54 Å². The Morgan fingerprint density at radius 2 is 2.21 bits per heavy atom. The van der Waals surface area contributed by atoms with Gasteiger partial charge in [0.05, 0.1) is 12.7 Å². The first-order valence-corrected chi connectivity index (χ1v) is 4.61. The second-order valence-corrected chi connectivity index (χ2v) is 3.04. The molecule has 0 aromatic heterocycles. The van der Waals surface area contributed by atoms with Gasteiger partial charge in [0.1, 0.15) is 5.75 Å². The highest BCUT2D eigenvalue weighted by molar-refractivity contribution is 5.47. The number of hydrogen-bond donors (Lipinski definition) is 1. The lowest BCUT2D eigenvalue weighted by Crippen LogP contribution is -1.95. The Kier molecular flexibility index (Phi) is 4.03. The van der Waals surface area contributed by atoms with Crippen LogP contribution in [-0.4, -0.2) is 13.7 Å². The summed E-state index contributed by atoms with van der Waals surface area (Å²) in [5.74, 6) is 6.86. The molecule has 0 bridgehead atoms. The molecule has 0 radical (unpaired) electrons. The molecule has 0 heterocycles. The van der Waals surface area contributed by atoms with Gasteiger partial charge in [-0.25, -0.2) is 0 Å². The van der Waals surface area contributed by atoms with Gasteiger partial charge in [0, 0.05) is 13.0 Å². The van der Waals surface area contributed by atoms with Crippen LogP contribution in [0.3, 0.4) is 0 Å². The summed E-state index contributed by atoms with van der Waals surface area (Å²) in [6, 6.07) is 5.97. The molecule has 0 aliphatic heterocycles. The molecule has 14 heavy (non-hydrogen) atoms. The van der Waals surface area contributed by atoms with Crippen molar-refractivity contribution in [3.8, 4) is 17.6 Å². The number of hydrogen-bond acceptors (Lipinski definition) is 2. The quantitative estimate of drug-likeness (QED) is 0.719. The van der Waals surface area contributed by atoms with Crippen molar-refractivity contribution in [3.05, 3.63) is 29.3 Å². The van der Waals surface area contributed by atoms with Crippen molar-refractivity contribution in [2.75, 3.05) is 13.7 Å². The number of methoxy groups -OCH3 is 1. The Hall–Kier alpha value is -1.46. The van der Waals surface area contributed by atoms with Crippen LogP contribution in [0.15, 0.2) is 18.2 Å². The summed E-state index contributed by atoms with van der Waals surface area (Å²) in [4.78, 5) is 0. The van der Waals surface area contributed by atoms with E-state index >= 15 is 0 Å². The van der Waals surface area contributed by atoms with Gasteiger partial charge in [-0.3, -0.25) is 0 Å². The predicted molar refractivity (Wildman–Crippen MR) is 58.3 cm³/mol. The van der Waals surface area contributed by atoms with Crippen molar-refractivity contribution in [1.82, 2.24) is 0 Å². The second-order valence-electron chi connectivity index (χ2n) is 3.04. The van der Waals surface area contributed by atoms with E-state index in [1.54, 1.807) is 7.11 Å². The molecule has 0 saturated carbocycles. The molecule has 1 rings (SSSR count). The van der Waals surface area contributed by atoms with Crippen LogP contribution in [0.5, 0.6) is 5.75 Å². The normalized spacial score (nSPS) is 9.07. The molecule has 0 spiro atoms. The number of nitrogens with two attached hydrogens (primary N) is 1. The summed E-state index contributed by atoms with van der Waals surface area (Å²) in [7, 11) is 1.66. The van der Waals surface area contributed by atoms with Crippen LogP contribution in [0.2, 0.25) is 0 Å². The Balaban J connectivity index is 2.92. The highest BCUT2D eigenvalue weighted by Crippen LogP contribution is 2.18. The Bertz CT molecular complexity index is 360. The molecule has 0 aliphatic carbocycles. The SMILES string of the molecule is COc1cc(C)ccc1C#CCCN. The average Bonchev–Trinajstić information content (AvgIpc) is 2.20. The summed E-state index contributed by atoms with van der Waals surface area (Å²) in [5, 5.41) is 0. The van der Waals surface area contributed by atoms with E-state index in [4.69, 9.17) is 10.5 Å². The van der Waals surface area contributed by atoms with Gasteiger partial charge in [-0.05, 0) is 24.6 Å². The number of benzene rings is 1. The average molecular weight is 189 g/mol. The maximum absolute atomic E-state index is 5.35. The topological polar surface area (TPSA) is 35.2 Å². The lowest BCUT2D eigenvalue weighted by atomic mass is 10.1. The molecule has 2 nitrogen and oxygen atoms in total. The van der Waals surface area contributed by atoms with Gasteiger partial charge in [-0.1, -0.05) is 17.9 Å². The van der Waals surface area contributed by atoms with E-state index in [1.807, 2.05) is 25.1 Å². The lowest BCUT2D eigenvalue weighted by molar-refractivity contribution is 0.413. The van der Waals surface area contributed by atoms with Crippen LogP contribution in [0.4, 0.5) is 0 Å². The summed E-state index contributed by atoms with van der Waals surface area (Å²) < 4.78 is 5.22. The van der Waals surface area contributed by atoms with Crippen molar-refractivity contribution >= 4 is 0 Å². The fourth-order valence-corrected chi connectivity index (χ4v) is 1.13. The molecule has 0 saturated heterocycles. The Labute approximate surface area is 85.1 Å². The van der Waals surface area contributed by atoms with Gasteiger partial charge in [0.25, 0.3) is 0 Å². The summed E-state index contributed by atoms with van der Waals surface area (Å²) >= 11 is 0. The molecular weight excluding hydrogens is 174 g/mol. The van der Waals surface area contributed by atoms with E-state index in [0.717, 1.165) is 17.7 Å². The Morgan fingerprint density at radius 3 is 2.86 bits per heavy atom. The monoisotopic (exact) mass is 189 g/mol. The predicted octanol–water partition coefficient (Wildman–Crippen LogP) is 1.70.